The summed E-state index contributed by atoms with van der Waals surface area (Å²) >= 11 is 0. The second kappa shape index (κ2) is 40.7. The molecule has 0 bridgehead atoms. The van der Waals surface area contributed by atoms with Gasteiger partial charge in [-0.2, -0.15) is 26.3 Å². The van der Waals surface area contributed by atoms with Crippen molar-refractivity contribution in [2.24, 2.45) is 35.3 Å². The first-order valence-corrected chi connectivity index (χ1v) is 40.4. The van der Waals surface area contributed by atoms with E-state index in [-0.39, 0.29) is 49.3 Å². The van der Waals surface area contributed by atoms with E-state index in [1.807, 2.05) is 42.6 Å². The van der Waals surface area contributed by atoms with Crippen molar-refractivity contribution in [2.45, 2.75) is 120 Å². The van der Waals surface area contributed by atoms with Crippen molar-refractivity contribution < 1.29 is 83.9 Å². The molecule has 16 amide bonds. The number of hydrogen-bond donors (Lipinski definition) is 8. The molecular formula is C88H94F6N22O12. The number of carbonyl (C=O) groups is 12. The van der Waals surface area contributed by atoms with Crippen molar-refractivity contribution in [3.8, 4) is 0 Å². The zero-order valence-electron chi connectivity index (χ0n) is 70.1. The first-order valence-electron chi connectivity index (χ1n) is 40.4. The van der Waals surface area contributed by atoms with Crippen LogP contribution in [0.4, 0.5) is 91.5 Å². The predicted molar refractivity (Wildman–Crippen MR) is 458 cm³/mol. The summed E-state index contributed by atoms with van der Waals surface area (Å²) in [5.74, 6) is -7.18. The molecule has 0 spiro atoms. The van der Waals surface area contributed by atoms with Crippen molar-refractivity contribution in [3.05, 3.63) is 241 Å². The Bertz CT molecular complexity index is 5530. The summed E-state index contributed by atoms with van der Waals surface area (Å²) in [5.41, 5.74) is 34.1. The second-order valence-corrected chi connectivity index (χ2v) is 30.9. The van der Waals surface area contributed by atoms with E-state index in [4.69, 9.17) is 28.7 Å². The lowest BCUT2D eigenvalue weighted by Gasteiger charge is -2.46. The number of halogens is 6. The number of amides is 16. The maximum Gasteiger partial charge on any atom is 0.408 e. The lowest BCUT2D eigenvalue weighted by molar-refractivity contribution is -0.163. The minimum absolute atomic E-state index is 0.0726. The smallest absolute Gasteiger partial charge is 0.384 e. The molecule has 5 fully saturated rings. The molecule has 0 radical (unpaired) electrons. The number of imide groups is 4. The van der Waals surface area contributed by atoms with Gasteiger partial charge in [-0.3, -0.25) is 67.9 Å². The molecule has 1 aliphatic carbocycles. The Morgan fingerprint density at radius 1 is 0.406 bits per heavy atom. The van der Waals surface area contributed by atoms with E-state index in [9.17, 15) is 83.9 Å². The number of likely N-dealkylation sites (tertiary alicyclic amines) is 4. The topological polar surface area (TPSA) is 474 Å². The summed E-state index contributed by atoms with van der Waals surface area (Å²) in [7, 11) is 6.15. The fourth-order valence-corrected chi connectivity index (χ4v) is 15.2. The maximum absolute atomic E-state index is 13.6. The van der Waals surface area contributed by atoms with E-state index in [0.717, 1.165) is 39.8 Å². The number of benzene rings is 3. The molecule has 3 aromatic carbocycles. The standard InChI is InChI=1S/C27H30N6O3.C23H24F3N5O3.C21H22F3N5O3.C17H18N6O3/c1-3-7-22(19-8-5-4-6-9-19)31-27(36)33-24(26(35)32(2)20-11-13-29-14-12-20)21(25(33)34)16-18-10-15-30-23(28)17-18;1-30(15-5-3-2-4-6-15)21(33)18-16(11-13-9-10-28-17(27)12-13)20(32)31(18)22(34)29-19(14-7-8-14)23(24,25)26;1-12(21(22,23)24)27-20(32)29-17(19(31)28(2)14-6-4-3-5-7-14)15(18(29)30)10-13-8-9-26-16(25)11-13;1-22(11-3-5-20-6-4-11)16(25)14-12(15(24)23(14)17(19)26)8-10-2-7-21-13(18)9-10/h4-6,8-15,17,21-22,24H,3,7,16H2,1-2H3,(H2,28,30)(H,31,36);2-6,9-10,12,14,16,18-19H,7-8,11H2,1H3,(H2,27,28)(H,29,34);3-9,11-12,15,17H,10H2,1-2H3,(H2,25,26)(H,27,32);2-7,9,12,14H,8H2,1H3,(H2,18,21)(H2,19,26)/t21-,22-,24+;16-,18+,19+;12?,15-,17+;12-,14+/m1111/s1. The van der Waals surface area contributed by atoms with Crippen molar-refractivity contribution in [1.29, 1.82) is 0 Å². The number of carbonyl (C=O) groups excluding carboxylic acids is 12. The van der Waals surface area contributed by atoms with Gasteiger partial charge in [0.2, 0.25) is 23.6 Å². The van der Waals surface area contributed by atoms with Gasteiger partial charge in [-0.05, 0) is 183 Å². The van der Waals surface area contributed by atoms with Gasteiger partial charge in [-0.1, -0.05) is 80.1 Å². The average molecular weight is 1770 g/mol. The molecule has 1 unspecified atom stereocenters. The van der Waals surface area contributed by atoms with Crippen LogP contribution in [-0.2, 0) is 64.0 Å². The van der Waals surface area contributed by atoms with Gasteiger partial charge in [0.15, 0.2) is 0 Å². The molecule has 9 aromatic rings. The largest absolute Gasteiger partial charge is 0.408 e. The SMILES string of the molecule is CC(NC(=O)N1C(=O)[C@H](Cc2ccnc(N)c2)[C@H]1C(=O)N(C)c1ccccc1)C(F)(F)F.CCC[C@@H](NC(=O)N1C(=O)[C@H](Cc2ccnc(N)c2)[C@H]1C(=O)N(C)c1ccncc1)c1ccccc1.CN(C(=O)[C@@H]1[C@@H](Cc2ccnc(N)c2)C(=O)N1C(=O)N[C@@H](C1CC1)C(F)(F)F)c1ccccc1.CN(C(=O)[C@@H]1[C@@H](Cc2ccnc(N)c2)C(=O)N1C(N)=O)c1ccncc1. The zero-order valence-corrected chi connectivity index (χ0v) is 70.1. The van der Waals surface area contributed by atoms with E-state index in [1.54, 1.807) is 178 Å². The lowest BCUT2D eigenvalue weighted by atomic mass is 9.81. The number of nitrogens with two attached hydrogens (primary N) is 5. The van der Waals surface area contributed by atoms with Gasteiger partial charge in [0.05, 0.1) is 29.7 Å². The third-order valence-electron chi connectivity index (χ3n) is 22.3. The van der Waals surface area contributed by atoms with E-state index in [1.165, 1.54) is 58.4 Å². The number of likely N-dealkylation sites (N-methyl/N-ethyl adjacent to an activating group) is 4. The Morgan fingerprint density at radius 2 is 0.695 bits per heavy atom. The van der Waals surface area contributed by atoms with Crippen LogP contribution < -0.4 is 64.2 Å². The lowest BCUT2D eigenvalue weighted by Crippen LogP contribution is -2.71. The minimum atomic E-state index is -4.70. The number of aromatic nitrogens is 6. The summed E-state index contributed by atoms with van der Waals surface area (Å²) < 4.78 is 79.0. The highest BCUT2D eigenvalue weighted by molar-refractivity contribution is 6.16. The van der Waals surface area contributed by atoms with Gasteiger partial charge in [0.25, 0.3) is 23.6 Å². The third kappa shape index (κ3) is 22.0. The van der Waals surface area contributed by atoms with Crippen LogP contribution >= 0.6 is 0 Å². The molecule has 14 rings (SSSR count). The highest BCUT2D eigenvalue weighted by Crippen LogP contribution is 2.43. The van der Waals surface area contributed by atoms with Crippen LogP contribution in [0.25, 0.3) is 0 Å². The number of anilines is 8. The first-order chi connectivity index (χ1) is 60.9. The van der Waals surface area contributed by atoms with Crippen LogP contribution in [0.3, 0.4) is 0 Å². The average Bonchev–Trinajstić information content (AvgIpc) is 0.966. The van der Waals surface area contributed by atoms with Crippen LogP contribution in [0.15, 0.2) is 213 Å². The van der Waals surface area contributed by atoms with Crippen molar-refractivity contribution in [2.75, 3.05) is 70.7 Å². The Labute approximate surface area is 730 Å². The van der Waals surface area contributed by atoms with Gasteiger partial charge < -0.3 is 64.2 Å². The first kappa shape index (κ1) is 93.7. The summed E-state index contributed by atoms with van der Waals surface area (Å²) in [6, 6.07) is 33.5. The molecule has 4 saturated heterocycles. The Hall–Kier alpha value is -15.0. The normalized spacial score (nSPS) is 19.2. The molecule has 13 N–H and O–H groups in total. The number of nitrogen functional groups attached to an aromatic ring is 4. The fraction of sp³-hybridized carbons (Fsp3) is 0.318. The molecular weight excluding hydrogens is 1670 g/mol. The van der Waals surface area contributed by atoms with Crippen LogP contribution in [-0.4, -0.2) is 198 Å². The molecule has 5 aliphatic rings. The maximum atomic E-state index is 13.6. The Balaban J connectivity index is 0.000000166. The number of pyridine rings is 6. The Kier molecular flexibility index (Phi) is 29.8. The molecule has 40 heteroatoms. The number of β-lactam (4-membered cyclic amide) rings is 4. The van der Waals surface area contributed by atoms with Gasteiger partial charge in [-0.25, -0.2) is 39.1 Å². The van der Waals surface area contributed by atoms with Crippen LogP contribution in [0.2, 0.25) is 0 Å². The van der Waals surface area contributed by atoms with Crippen molar-refractivity contribution in [1.82, 2.24) is 65.5 Å². The molecule has 34 nitrogen and oxygen atoms in total. The van der Waals surface area contributed by atoms with Gasteiger partial charge in [-0.15, -0.1) is 0 Å². The number of para-hydroxylation sites is 2. The molecule has 1 saturated carbocycles. The number of urea groups is 4. The molecule has 128 heavy (non-hydrogen) atoms. The summed E-state index contributed by atoms with van der Waals surface area (Å²) in [5, 5.41) is 6.68. The second-order valence-electron chi connectivity index (χ2n) is 30.9. The number of nitrogens with one attached hydrogen (secondary N) is 3. The number of hydrogen-bond acceptors (Lipinski definition) is 22. The quantitative estimate of drug-likeness (QED) is 0.0219. The van der Waals surface area contributed by atoms with Gasteiger partial charge in [0.1, 0.15) is 59.5 Å². The monoisotopic (exact) mass is 1760 g/mol. The highest BCUT2D eigenvalue weighted by atomic mass is 19.4. The number of nitrogens with zero attached hydrogens (tertiary/aromatic N) is 14. The molecule has 670 valence electrons. The predicted octanol–water partition coefficient (Wildman–Crippen LogP) is 8.62. The number of primary amides is 1. The fourth-order valence-electron chi connectivity index (χ4n) is 15.2. The van der Waals surface area contributed by atoms with E-state index < -0.39 is 144 Å². The van der Waals surface area contributed by atoms with Crippen molar-refractivity contribution in [3.63, 3.8) is 0 Å². The van der Waals surface area contributed by atoms with Gasteiger partial charge in [0, 0.05) is 101 Å². The van der Waals surface area contributed by atoms with E-state index in [2.05, 4.69) is 35.2 Å². The van der Waals surface area contributed by atoms with Gasteiger partial charge >= 0.3 is 36.5 Å². The zero-order chi connectivity index (χ0) is 92.8. The van der Waals surface area contributed by atoms with Crippen LogP contribution in [0.1, 0.15) is 73.4 Å². The summed E-state index contributed by atoms with van der Waals surface area (Å²) in [6.07, 6.45) is 5.81. The molecule has 6 aromatic heterocycles. The Morgan fingerprint density at radius 3 is 0.984 bits per heavy atom. The number of rotatable bonds is 23. The van der Waals surface area contributed by atoms with E-state index >= 15 is 0 Å². The highest BCUT2D eigenvalue weighted by Gasteiger charge is 2.61. The number of alkyl halides is 6. The summed E-state index contributed by atoms with van der Waals surface area (Å²) in [4.78, 5) is 187. The molecule has 4 aliphatic heterocycles. The molecule has 11 atom stereocenters. The third-order valence-corrected chi connectivity index (χ3v) is 22.3. The van der Waals surface area contributed by atoms with E-state index in [0.29, 0.717) is 74.6 Å². The minimum Gasteiger partial charge on any atom is -0.384 e. The molecule has 10 heterocycles. The van der Waals surface area contributed by atoms with Crippen LogP contribution in [0.5, 0.6) is 0 Å². The van der Waals surface area contributed by atoms with Crippen molar-refractivity contribution >= 4 is 117 Å². The summed E-state index contributed by atoms with van der Waals surface area (Å²) in [6.45, 7) is 2.79. The van der Waals surface area contributed by atoms with Crippen LogP contribution in [0, 0.1) is 29.6 Å².